The molecule has 1 aromatic heterocycles. The number of hydrogen-bond acceptors (Lipinski definition) is 3. The van der Waals surface area contributed by atoms with Crippen LogP contribution in [0, 0.1) is 0 Å². The molecule has 0 saturated heterocycles. The number of phenols is 1. The van der Waals surface area contributed by atoms with Gasteiger partial charge < -0.3 is 10.2 Å². The van der Waals surface area contributed by atoms with Gasteiger partial charge in [0, 0.05) is 11.6 Å². The Labute approximate surface area is 100 Å². The van der Waals surface area contributed by atoms with E-state index in [0.29, 0.717) is 0 Å². The summed E-state index contributed by atoms with van der Waals surface area (Å²) in [5, 5.41) is 18.4. The van der Waals surface area contributed by atoms with Crippen molar-refractivity contribution in [1.82, 2.24) is 4.98 Å². The molecular formula is C14H15NO2. The first-order valence-corrected chi connectivity index (χ1v) is 5.58. The van der Waals surface area contributed by atoms with Gasteiger partial charge in [0.1, 0.15) is 11.5 Å². The van der Waals surface area contributed by atoms with Gasteiger partial charge in [-0.2, -0.15) is 0 Å². The topological polar surface area (TPSA) is 53.4 Å². The first kappa shape index (κ1) is 11.5. The highest BCUT2D eigenvalue weighted by Gasteiger charge is 2.08. The molecule has 2 N–H and O–H groups in total. The number of aromatic nitrogens is 1. The van der Waals surface area contributed by atoms with Crippen molar-refractivity contribution in [3.63, 3.8) is 0 Å². The summed E-state index contributed by atoms with van der Waals surface area (Å²) >= 11 is 0. The lowest BCUT2D eigenvalue weighted by atomic mass is 9.97. The molecular weight excluding hydrogens is 214 g/mol. The summed E-state index contributed by atoms with van der Waals surface area (Å²) in [6.45, 7) is 2.09. The second-order valence-corrected chi connectivity index (χ2v) is 4.21. The molecule has 2 aromatic rings. The summed E-state index contributed by atoms with van der Waals surface area (Å²) in [6, 6.07) is 10.7. The number of pyridine rings is 1. The fraction of sp³-hybridized carbons (Fsp3) is 0.214. The fourth-order valence-electron chi connectivity index (χ4n) is 1.78. The van der Waals surface area contributed by atoms with Crippen molar-refractivity contribution in [2.45, 2.75) is 19.3 Å². The Kier molecular flexibility index (Phi) is 3.28. The summed E-state index contributed by atoms with van der Waals surface area (Å²) in [6.07, 6.45) is 2.32. The zero-order valence-electron chi connectivity index (χ0n) is 9.67. The normalized spacial score (nSPS) is 12.3. The van der Waals surface area contributed by atoms with Crippen molar-refractivity contribution in [2.75, 3.05) is 0 Å². The molecule has 3 nitrogen and oxygen atoms in total. The summed E-state index contributed by atoms with van der Waals surface area (Å²) in [4.78, 5) is 4.19. The minimum absolute atomic E-state index is 0.186. The van der Waals surface area contributed by atoms with Gasteiger partial charge in [-0.3, -0.25) is 4.98 Å². The van der Waals surface area contributed by atoms with Gasteiger partial charge in [0.15, 0.2) is 0 Å². The average Bonchev–Trinajstić information content (AvgIpc) is 2.33. The molecule has 0 fully saturated rings. The number of benzene rings is 1. The zero-order valence-corrected chi connectivity index (χ0v) is 9.67. The molecule has 0 bridgehead atoms. The number of nitrogens with zero attached hydrogens (tertiary/aromatic N) is 1. The largest absolute Gasteiger partial charge is 0.508 e. The fourth-order valence-corrected chi connectivity index (χ4v) is 1.78. The van der Waals surface area contributed by atoms with E-state index in [4.69, 9.17) is 5.11 Å². The Balaban J connectivity index is 2.08. The zero-order chi connectivity index (χ0) is 12.3. The lowest BCUT2D eigenvalue weighted by Crippen LogP contribution is -2.00. The molecule has 0 aliphatic heterocycles. The molecule has 1 heterocycles. The molecule has 0 aliphatic rings. The maximum atomic E-state index is 9.20. The maximum absolute atomic E-state index is 9.20. The van der Waals surface area contributed by atoms with Crippen molar-refractivity contribution in [3.8, 4) is 11.5 Å². The Hall–Kier alpha value is -2.03. The van der Waals surface area contributed by atoms with Crippen LogP contribution in [-0.4, -0.2) is 15.2 Å². The van der Waals surface area contributed by atoms with Crippen molar-refractivity contribution in [2.24, 2.45) is 0 Å². The van der Waals surface area contributed by atoms with Crippen LogP contribution in [0.5, 0.6) is 11.5 Å². The van der Waals surface area contributed by atoms with Gasteiger partial charge in [0.2, 0.25) is 0 Å². The molecule has 88 valence electrons. The van der Waals surface area contributed by atoms with Crippen LogP contribution < -0.4 is 0 Å². The van der Waals surface area contributed by atoms with Crippen LogP contribution in [0.25, 0.3) is 0 Å². The maximum Gasteiger partial charge on any atom is 0.133 e. The molecule has 2 rings (SSSR count). The third-order valence-electron chi connectivity index (χ3n) is 2.75. The second kappa shape index (κ2) is 4.87. The predicted octanol–water partition coefficient (Wildman–Crippen LogP) is 2.84. The van der Waals surface area contributed by atoms with E-state index in [1.165, 1.54) is 6.20 Å². The molecule has 0 radical (unpaired) electrons. The highest BCUT2D eigenvalue weighted by Crippen LogP contribution is 2.21. The number of rotatable bonds is 3. The molecule has 1 atom stereocenters. The number of hydrogen-bond donors (Lipinski definition) is 2. The first-order valence-electron chi connectivity index (χ1n) is 5.58. The van der Waals surface area contributed by atoms with E-state index < -0.39 is 0 Å². The van der Waals surface area contributed by atoms with E-state index in [0.717, 1.165) is 17.7 Å². The average molecular weight is 229 g/mol. The second-order valence-electron chi connectivity index (χ2n) is 4.21. The van der Waals surface area contributed by atoms with Gasteiger partial charge in [-0.25, -0.2) is 0 Å². The van der Waals surface area contributed by atoms with Crippen LogP contribution in [0.4, 0.5) is 0 Å². The molecule has 17 heavy (non-hydrogen) atoms. The molecule has 0 amide bonds. The Morgan fingerprint density at radius 2 is 1.65 bits per heavy atom. The number of phenolic OH excluding ortho intramolecular Hbond substituents is 1. The van der Waals surface area contributed by atoms with Gasteiger partial charge in [-0.05, 0) is 36.2 Å². The summed E-state index contributed by atoms with van der Waals surface area (Å²) < 4.78 is 0. The molecule has 0 saturated carbocycles. The molecule has 0 spiro atoms. The van der Waals surface area contributed by atoms with Gasteiger partial charge in [0.05, 0.1) is 6.20 Å². The Morgan fingerprint density at radius 1 is 1.00 bits per heavy atom. The van der Waals surface area contributed by atoms with Crippen LogP contribution in [0.2, 0.25) is 0 Å². The van der Waals surface area contributed by atoms with Crippen LogP contribution in [-0.2, 0) is 6.42 Å². The molecule has 3 heteroatoms. The SMILES string of the molecule is CC(Cc1ccc(O)cc1)c1ccc(O)cn1. The standard InChI is InChI=1S/C14H15NO2/c1-10(14-7-6-13(17)9-15-14)8-11-2-4-12(16)5-3-11/h2-7,9-10,16-17H,8H2,1H3. The number of aromatic hydroxyl groups is 2. The van der Waals surface area contributed by atoms with Crippen LogP contribution in [0.3, 0.4) is 0 Å². The first-order chi connectivity index (χ1) is 8.15. The van der Waals surface area contributed by atoms with Crippen LogP contribution in [0.15, 0.2) is 42.6 Å². The lowest BCUT2D eigenvalue weighted by Gasteiger charge is -2.11. The van der Waals surface area contributed by atoms with E-state index >= 15 is 0 Å². The van der Waals surface area contributed by atoms with Crippen molar-refractivity contribution in [1.29, 1.82) is 0 Å². The summed E-state index contributed by atoms with van der Waals surface area (Å²) in [5.41, 5.74) is 2.11. The van der Waals surface area contributed by atoms with E-state index in [-0.39, 0.29) is 17.4 Å². The van der Waals surface area contributed by atoms with Crippen molar-refractivity contribution < 1.29 is 10.2 Å². The van der Waals surface area contributed by atoms with Gasteiger partial charge in [-0.15, -0.1) is 0 Å². The van der Waals surface area contributed by atoms with Gasteiger partial charge in [0.25, 0.3) is 0 Å². The third-order valence-corrected chi connectivity index (χ3v) is 2.75. The van der Waals surface area contributed by atoms with Crippen molar-refractivity contribution >= 4 is 0 Å². The van der Waals surface area contributed by atoms with Gasteiger partial charge in [-0.1, -0.05) is 19.1 Å². The summed E-state index contributed by atoms with van der Waals surface area (Å²) in [7, 11) is 0. The Morgan fingerprint density at radius 3 is 2.24 bits per heavy atom. The highest BCUT2D eigenvalue weighted by molar-refractivity contribution is 5.28. The van der Waals surface area contributed by atoms with E-state index in [9.17, 15) is 5.11 Å². The lowest BCUT2D eigenvalue weighted by molar-refractivity contribution is 0.471. The van der Waals surface area contributed by atoms with Crippen molar-refractivity contribution in [3.05, 3.63) is 53.9 Å². The minimum atomic E-state index is 0.186. The minimum Gasteiger partial charge on any atom is -0.508 e. The van der Waals surface area contributed by atoms with E-state index in [1.54, 1.807) is 18.2 Å². The van der Waals surface area contributed by atoms with E-state index in [2.05, 4.69) is 11.9 Å². The third kappa shape index (κ3) is 2.97. The molecule has 1 unspecified atom stereocenters. The quantitative estimate of drug-likeness (QED) is 0.850. The molecule has 1 aromatic carbocycles. The monoisotopic (exact) mass is 229 g/mol. The molecule has 0 aliphatic carbocycles. The summed E-state index contributed by atoms with van der Waals surface area (Å²) in [5.74, 6) is 0.745. The predicted molar refractivity (Wildman–Crippen MR) is 66.1 cm³/mol. The Bertz CT molecular complexity index is 477. The van der Waals surface area contributed by atoms with E-state index in [1.807, 2.05) is 18.2 Å². The highest BCUT2D eigenvalue weighted by atomic mass is 16.3. The van der Waals surface area contributed by atoms with Crippen LogP contribution >= 0.6 is 0 Å². The van der Waals surface area contributed by atoms with Gasteiger partial charge >= 0.3 is 0 Å². The smallest absolute Gasteiger partial charge is 0.133 e. The van der Waals surface area contributed by atoms with Crippen LogP contribution in [0.1, 0.15) is 24.1 Å².